The van der Waals surface area contributed by atoms with Gasteiger partial charge < -0.3 is 5.11 Å². The van der Waals surface area contributed by atoms with Gasteiger partial charge in [0.25, 0.3) is 0 Å². The lowest BCUT2D eigenvalue weighted by molar-refractivity contribution is 0.201. The molecule has 4 aromatic rings. The van der Waals surface area contributed by atoms with Gasteiger partial charge in [0, 0.05) is 31.4 Å². The summed E-state index contributed by atoms with van der Waals surface area (Å²) in [7, 11) is 1.81. The molecule has 8 heteroatoms. The summed E-state index contributed by atoms with van der Waals surface area (Å²) in [6.07, 6.45) is 4.31. The van der Waals surface area contributed by atoms with E-state index in [2.05, 4.69) is 10.2 Å². The molecule has 0 saturated heterocycles. The zero-order valence-corrected chi connectivity index (χ0v) is 16.9. The first kappa shape index (κ1) is 20.1. The Hall–Kier alpha value is -4.20. The number of carbonyl (C=O) groups is 1. The van der Waals surface area contributed by atoms with E-state index < -0.39 is 6.09 Å². The normalized spacial score (nSPS) is 10.7. The van der Waals surface area contributed by atoms with Gasteiger partial charge in [0.05, 0.1) is 18.9 Å². The SMILES string of the molecule is Cn1cc(-n2ccc(=O)c(Cc3cccc(N(Cc4ccccc4)C(=O)O)c3)n2)cn1. The Kier molecular flexibility index (Phi) is 5.61. The second kappa shape index (κ2) is 8.66. The monoisotopic (exact) mass is 415 g/mol. The second-order valence-corrected chi connectivity index (χ2v) is 7.14. The van der Waals surface area contributed by atoms with E-state index in [1.807, 2.05) is 43.4 Å². The van der Waals surface area contributed by atoms with Gasteiger partial charge in [-0.1, -0.05) is 42.5 Å². The van der Waals surface area contributed by atoms with E-state index in [0.717, 1.165) is 16.8 Å². The molecular weight excluding hydrogens is 394 g/mol. The van der Waals surface area contributed by atoms with E-state index in [-0.39, 0.29) is 18.4 Å². The van der Waals surface area contributed by atoms with Gasteiger partial charge in [0.1, 0.15) is 11.4 Å². The first-order valence-corrected chi connectivity index (χ1v) is 9.71. The number of aromatic nitrogens is 4. The van der Waals surface area contributed by atoms with Crippen molar-refractivity contribution in [3.8, 4) is 5.69 Å². The molecule has 156 valence electrons. The summed E-state index contributed by atoms with van der Waals surface area (Å²) >= 11 is 0. The van der Waals surface area contributed by atoms with Crippen molar-refractivity contribution < 1.29 is 9.90 Å². The molecular formula is C23H21N5O3. The molecule has 0 aliphatic carbocycles. The zero-order valence-electron chi connectivity index (χ0n) is 16.9. The smallest absolute Gasteiger partial charge is 0.412 e. The van der Waals surface area contributed by atoms with Gasteiger partial charge in [0.15, 0.2) is 0 Å². The molecule has 1 N–H and O–H groups in total. The Morgan fingerprint density at radius 3 is 2.55 bits per heavy atom. The molecule has 31 heavy (non-hydrogen) atoms. The van der Waals surface area contributed by atoms with Gasteiger partial charge in [-0.3, -0.25) is 14.4 Å². The summed E-state index contributed by atoms with van der Waals surface area (Å²) in [5.41, 5.74) is 3.16. The molecule has 2 aromatic carbocycles. The lowest BCUT2D eigenvalue weighted by atomic mass is 10.1. The zero-order chi connectivity index (χ0) is 21.8. The molecule has 0 bridgehead atoms. The third kappa shape index (κ3) is 4.69. The largest absolute Gasteiger partial charge is 0.465 e. The highest BCUT2D eigenvalue weighted by molar-refractivity contribution is 5.86. The highest BCUT2D eigenvalue weighted by atomic mass is 16.4. The summed E-state index contributed by atoms with van der Waals surface area (Å²) in [4.78, 5) is 25.5. The third-order valence-electron chi connectivity index (χ3n) is 4.84. The summed E-state index contributed by atoms with van der Waals surface area (Å²) in [5, 5.41) is 18.3. The lowest BCUT2D eigenvalue weighted by Gasteiger charge is -2.20. The second-order valence-electron chi connectivity index (χ2n) is 7.14. The average Bonchev–Trinajstić information content (AvgIpc) is 3.20. The molecule has 2 heterocycles. The molecule has 8 nitrogen and oxygen atoms in total. The van der Waals surface area contributed by atoms with Crippen LogP contribution in [0.4, 0.5) is 10.5 Å². The van der Waals surface area contributed by atoms with Gasteiger partial charge in [0.2, 0.25) is 5.43 Å². The van der Waals surface area contributed by atoms with Gasteiger partial charge in [-0.05, 0) is 23.3 Å². The number of nitrogens with zero attached hydrogens (tertiary/aromatic N) is 5. The molecule has 0 radical (unpaired) electrons. The predicted octanol–water partition coefficient (Wildman–Crippen LogP) is 3.24. The van der Waals surface area contributed by atoms with Crippen molar-refractivity contribution in [2.24, 2.45) is 7.05 Å². The highest BCUT2D eigenvalue weighted by Gasteiger charge is 2.16. The maximum absolute atomic E-state index is 12.4. The fraction of sp³-hybridized carbons (Fsp3) is 0.130. The summed E-state index contributed by atoms with van der Waals surface area (Å²) < 4.78 is 3.26. The number of anilines is 1. The van der Waals surface area contributed by atoms with Crippen molar-refractivity contribution in [3.63, 3.8) is 0 Å². The number of aryl methyl sites for hydroxylation is 1. The van der Waals surface area contributed by atoms with Crippen LogP contribution >= 0.6 is 0 Å². The number of benzene rings is 2. The van der Waals surface area contributed by atoms with Crippen LogP contribution in [0.25, 0.3) is 5.69 Å². The molecule has 0 spiro atoms. The fourth-order valence-electron chi connectivity index (χ4n) is 3.30. The van der Waals surface area contributed by atoms with Crippen molar-refractivity contribution in [2.75, 3.05) is 4.90 Å². The molecule has 0 saturated carbocycles. The van der Waals surface area contributed by atoms with Crippen molar-refractivity contribution in [3.05, 3.63) is 106 Å². The van der Waals surface area contributed by atoms with Crippen molar-refractivity contribution in [2.45, 2.75) is 13.0 Å². The van der Waals surface area contributed by atoms with E-state index in [0.29, 0.717) is 11.4 Å². The Morgan fingerprint density at radius 2 is 1.84 bits per heavy atom. The quantitative estimate of drug-likeness (QED) is 0.522. The first-order valence-electron chi connectivity index (χ1n) is 9.71. The minimum absolute atomic E-state index is 0.176. The molecule has 0 aliphatic rings. The number of amides is 1. The van der Waals surface area contributed by atoms with Gasteiger partial charge >= 0.3 is 6.09 Å². The molecule has 0 unspecified atom stereocenters. The first-order chi connectivity index (χ1) is 15.0. The average molecular weight is 415 g/mol. The van der Waals surface area contributed by atoms with Crippen molar-refractivity contribution in [1.29, 1.82) is 0 Å². The standard InChI is InChI=1S/C23H21N5O3/c1-26-16-20(14-24-26)28-11-10-22(29)21(25-28)13-18-8-5-9-19(12-18)27(23(30)31)15-17-6-3-2-4-7-17/h2-12,14,16H,13,15H2,1H3,(H,30,31). The number of rotatable bonds is 6. The Balaban J connectivity index is 1.61. The number of hydrogen-bond acceptors (Lipinski definition) is 4. The Labute approximate surface area is 178 Å². The summed E-state index contributed by atoms with van der Waals surface area (Å²) in [6.45, 7) is 0.233. The maximum atomic E-state index is 12.4. The molecule has 4 rings (SSSR count). The Bertz CT molecular complexity index is 1260. The van der Waals surface area contributed by atoms with E-state index in [1.165, 1.54) is 11.0 Å². The van der Waals surface area contributed by atoms with Crippen LogP contribution in [0, 0.1) is 0 Å². The van der Waals surface area contributed by atoms with Crippen LogP contribution in [-0.2, 0) is 20.0 Å². The summed E-state index contributed by atoms with van der Waals surface area (Å²) in [6, 6.07) is 18.0. The van der Waals surface area contributed by atoms with E-state index >= 15 is 0 Å². The maximum Gasteiger partial charge on any atom is 0.412 e. The van der Waals surface area contributed by atoms with E-state index in [9.17, 15) is 14.7 Å². The minimum atomic E-state index is -1.04. The molecule has 2 aromatic heterocycles. The van der Waals surface area contributed by atoms with Gasteiger partial charge in [-0.25, -0.2) is 9.48 Å². The molecule has 1 amide bonds. The van der Waals surface area contributed by atoms with Gasteiger partial charge in [-0.2, -0.15) is 10.2 Å². The Morgan fingerprint density at radius 1 is 1.06 bits per heavy atom. The predicted molar refractivity (Wildman–Crippen MR) is 116 cm³/mol. The highest BCUT2D eigenvalue weighted by Crippen LogP contribution is 2.20. The molecule has 0 fully saturated rings. The van der Waals surface area contributed by atoms with E-state index in [1.54, 1.807) is 46.2 Å². The van der Waals surface area contributed by atoms with Crippen molar-refractivity contribution >= 4 is 11.8 Å². The van der Waals surface area contributed by atoms with Crippen LogP contribution < -0.4 is 10.3 Å². The van der Waals surface area contributed by atoms with Crippen LogP contribution in [0.1, 0.15) is 16.8 Å². The van der Waals surface area contributed by atoms with Crippen LogP contribution in [-0.4, -0.2) is 30.8 Å². The number of hydrogen-bond donors (Lipinski definition) is 1. The molecule has 0 atom stereocenters. The van der Waals surface area contributed by atoms with Crippen LogP contribution in [0.2, 0.25) is 0 Å². The summed E-state index contributed by atoms with van der Waals surface area (Å²) in [5.74, 6) is 0. The fourth-order valence-corrected chi connectivity index (χ4v) is 3.30. The van der Waals surface area contributed by atoms with Crippen molar-refractivity contribution in [1.82, 2.24) is 19.6 Å². The third-order valence-corrected chi connectivity index (χ3v) is 4.84. The van der Waals surface area contributed by atoms with Crippen LogP contribution in [0.5, 0.6) is 0 Å². The molecule has 0 aliphatic heterocycles. The lowest BCUT2D eigenvalue weighted by Crippen LogP contribution is -2.28. The van der Waals surface area contributed by atoms with Crippen LogP contribution in [0.3, 0.4) is 0 Å². The minimum Gasteiger partial charge on any atom is -0.465 e. The van der Waals surface area contributed by atoms with E-state index in [4.69, 9.17) is 0 Å². The van der Waals surface area contributed by atoms with Gasteiger partial charge in [-0.15, -0.1) is 0 Å². The van der Waals surface area contributed by atoms with Crippen LogP contribution in [0.15, 0.2) is 84.0 Å². The topological polar surface area (TPSA) is 93.2 Å². The number of carboxylic acid groups (broad SMARTS) is 1.